The average molecular weight is 743 g/mol. The molecule has 0 radical (unpaired) electrons. The van der Waals surface area contributed by atoms with E-state index in [2.05, 4.69) is 20.5 Å². The lowest BCUT2D eigenvalue weighted by Gasteiger charge is -2.53. The van der Waals surface area contributed by atoms with Crippen molar-refractivity contribution in [3.63, 3.8) is 0 Å². The predicted molar refractivity (Wildman–Crippen MR) is 210 cm³/mol. The van der Waals surface area contributed by atoms with Gasteiger partial charge in [0.1, 0.15) is 11.6 Å². The molecule has 3 aliphatic heterocycles. The zero-order valence-electron chi connectivity index (χ0n) is 30.2. The van der Waals surface area contributed by atoms with Gasteiger partial charge in [0.2, 0.25) is 0 Å². The van der Waals surface area contributed by atoms with Crippen molar-refractivity contribution in [2.75, 3.05) is 46.7 Å². The van der Waals surface area contributed by atoms with E-state index in [0.29, 0.717) is 50.2 Å². The van der Waals surface area contributed by atoms with Crippen molar-refractivity contribution in [2.24, 2.45) is 10.4 Å². The molecule has 1 atom stereocenters. The summed E-state index contributed by atoms with van der Waals surface area (Å²) >= 11 is 1.23. The van der Waals surface area contributed by atoms with Gasteiger partial charge in [0, 0.05) is 49.2 Å². The molecule has 5 heterocycles. The molecule has 0 saturated carbocycles. The number of nitrogens with zero attached hydrogens (tertiary/aromatic N) is 4. The van der Waals surface area contributed by atoms with E-state index >= 15 is 0 Å². The highest BCUT2D eigenvalue weighted by atomic mass is 32.1. The molecule has 8 rings (SSSR count). The summed E-state index contributed by atoms with van der Waals surface area (Å²) in [5, 5.41) is 5.70. The van der Waals surface area contributed by atoms with Crippen molar-refractivity contribution < 1.29 is 23.5 Å². The van der Waals surface area contributed by atoms with E-state index in [9.17, 15) is 18.8 Å². The molecular formula is C42H39FN6O4S. The van der Waals surface area contributed by atoms with Gasteiger partial charge in [0.05, 0.1) is 44.1 Å². The second-order valence-corrected chi connectivity index (χ2v) is 15.4. The molecule has 10 nitrogen and oxygen atoms in total. The molecular weight excluding hydrogens is 704 g/mol. The van der Waals surface area contributed by atoms with Gasteiger partial charge >= 0.3 is 0 Å². The van der Waals surface area contributed by atoms with Crippen molar-refractivity contribution in [1.82, 2.24) is 4.98 Å². The van der Waals surface area contributed by atoms with Gasteiger partial charge in [0.25, 0.3) is 17.7 Å². The average Bonchev–Trinajstić information content (AvgIpc) is 3.66. The molecule has 3 amide bonds. The quantitative estimate of drug-likeness (QED) is 0.174. The SMILES string of the molecule is Cc1cnc(N2CC3(CCOCC3)C2)c(C(=O)Nc2ccc(C(=O)N3c4ccccc4N=C(c4ccc(C(=O)Nc5c(C)cccc5F)s4)[C@@H]3C)cc2)c1. The monoisotopic (exact) mass is 742 g/mol. The Morgan fingerprint density at radius 3 is 2.43 bits per heavy atom. The van der Waals surface area contributed by atoms with Crippen LogP contribution in [0.25, 0.3) is 0 Å². The van der Waals surface area contributed by atoms with E-state index in [-0.39, 0.29) is 22.9 Å². The fraction of sp³-hybridized carbons (Fsp3) is 0.262. The Labute approximate surface area is 316 Å². The van der Waals surface area contributed by atoms with Crippen LogP contribution in [-0.4, -0.2) is 60.8 Å². The number of hydrogen-bond donors (Lipinski definition) is 2. The van der Waals surface area contributed by atoms with Crippen LogP contribution < -0.4 is 20.4 Å². The molecule has 274 valence electrons. The number of carbonyl (C=O) groups is 3. The Morgan fingerprint density at radius 1 is 0.907 bits per heavy atom. The van der Waals surface area contributed by atoms with Crippen LogP contribution in [0.15, 0.2) is 96.1 Å². The molecule has 2 aromatic heterocycles. The molecule has 3 aromatic carbocycles. The van der Waals surface area contributed by atoms with Crippen molar-refractivity contribution in [1.29, 1.82) is 0 Å². The number of hydrogen-bond acceptors (Lipinski definition) is 8. The van der Waals surface area contributed by atoms with Crippen LogP contribution in [0.2, 0.25) is 0 Å². The summed E-state index contributed by atoms with van der Waals surface area (Å²) in [5.41, 5.74) is 5.30. The topological polar surface area (TPSA) is 116 Å². The number of pyridine rings is 1. The minimum Gasteiger partial charge on any atom is -0.381 e. The van der Waals surface area contributed by atoms with E-state index in [1.807, 2.05) is 44.2 Å². The van der Waals surface area contributed by atoms with Gasteiger partial charge in [-0.05, 0) is 105 Å². The number of ether oxygens (including phenoxy) is 1. The molecule has 2 saturated heterocycles. The first-order valence-electron chi connectivity index (χ1n) is 18.0. The number of thiophene rings is 1. The number of amides is 3. The number of para-hydroxylation sites is 3. The number of aromatic nitrogens is 1. The summed E-state index contributed by atoms with van der Waals surface area (Å²) in [5.74, 6) is -0.760. The van der Waals surface area contributed by atoms with Crippen molar-refractivity contribution in [3.05, 3.63) is 129 Å². The van der Waals surface area contributed by atoms with Crippen LogP contribution >= 0.6 is 11.3 Å². The van der Waals surface area contributed by atoms with Crippen LogP contribution in [0.4, 0.5) is 33.0 Å². The lowest BCUT2D eigenvalue weighted by molar-refractivity contribution is -0.000511. The van der Waals surface area contributed by atoms with Gasteiger partial charge in [-0.2, -0.15) is 0 Å². The highest BCUT2D eigenvalue weighted by Gasteiger charge is 2.45. The molecule has 54 heavy (non-hydrogen) atoms. The molecule has 0 bridgehead atoms. The highest BCUT2D eigenvalue weighted by molar-refractivity contribution is 7.16. The Bertz CT molecular complexity index is 2290. The summed E-state index contributed by atoms with van der Waals surface area (Å²) in [4.78, 5) is 55.7. The van der Waals surface area contributed by atoms with E-state index in [1.54, 1.807) is 66.6 Å². The van der Waals surface area contributed by atoms with Crippen molar-refractivity contribution in [2.45, 2.75) is 39.7 Å². The molecule has 5 aromatic rings. The first-order chi connectivity index (χ1) is 26.1. The zero-order chi connectivity index (χ0) is 37.6. The number of carbonyl (C=O) groups excluding carboxylic acids is 3. The maximum absolute atomic E-state index is 14.5. The number of fused-ring (bicyclic) bond motifs is 1. The van der Waals surface area contributed by atoms with Crippen LogP contribution in [0, 0.1) is 25.1 Å². The van der Waals surface area contributed by atoms with Gasteiger partial charge in [-0.3, -0.25) is 19.3 Å². The second kappa shape index (κ2) is 14.3. The third-order valence-electron chi connectivity index (χ3n) is 10.5. The number of aryl methyl sites for hydroxylation is 2. The Kier molecular flexibility index (Phi) is 9.32. The van der Waals surface area contributed by atoms with Crippen LogP contribution in [0.1, 0.15) is 66.2 Å². The highest BCUT2D eigenvalue weighted by Crippen LogP contribution is 2.43. The predicted octanol–water partition coefficient (Wildman–Crippen LogP) is 8.19. The zero-order valence-corrected chi connectivity index (χ0v) is 31.0. The Morgan fingerprint density at radius 2 is 1.67 bits per heavy atom. The number of rotatable bonds is 7. The fourth-order valence-corrected chi connectivity index (χ4v) is 8.45. The minimum atomic E-state index is -0.504. The van der Waals surface area contributed by atoms with Crippen LogP contribution in [0.5, 0.6) is 0 Å². The summed E-state index contributed by atoms with van der Waals surface area (Å²) in [6.07, 6.45) is 3.83. The largest absolute Gasteiger partial charge is 0.381 e. The number of benzene rings is 3. The summed E-state index contributed by atoms with van der Waals surface area (Å²) in [7, 11) is 0. The molecule has 3 aliphatic rings. The molecule has 12 heteroatoms. The van der Waals surface area contributed by atoms with Gasteiger partial charge in [-0.15, -0.1) is 11.3 Å². The number of halogens is 1. The van der Waals surface area contributed by atoms with E-state index < -0.39 is 17.8 Å². The Hall–Kier alpha value is -5.72. The van der Waals surface area contributed by atoms with Gasteiger partial charge < -0.3 is 20.3 Å². The molecule has 2 N–H and O–H groups in total. The normalized spacial score (nSPS) is 17.3. The van der Waals surface area contributed by atoms with E-state index in [0.717, 1.165) is 49.6 Å². The lowest BCUT2D eigenvalue weighted by atomic mass is 9.73. The van der Waals surface area contributed by atoms with Gasteiger partial charge in [-0.25, -0.2) is 14.4 Å². The first kappa shape index (κ1) is 35.3. The first-order valence-corrected chi connectivity index (χ1v) is 18.8. The van der Waals surface area contributed by atoms with Crippen LogP contribution in [-0.2, 0) is 4.74 Å². The molecule has 1 spiro atoms. The fourth-order valence-electron chi connectivity index (χ4n) is 7.47. The lowest BCUT2D eigenvalue weighted by Crippen LogP contribution is -2.59. The van der Waals surface area contributed by atoms with E-state index in [4.69, 9.17) is 9.73 Å². The number of nitrogens with one attached hydrogen (secondary N) is 2. The van der Waals surface area contributed by atoms with Crippen LogP contribution in [0.3, 0.4) is 0 Å². The smallest absolute Gasteiger partial charge is 0.265 e. The van der Waals surface area contributed by atoms with E-state index in [1.165, 1.54) is 17.4 Å². The van der Waals surface area contributed by atoms with Gasteiger partial charge in [0.15, 0.2) is 0 Å². The van der Waals surface area contributed by atoms with Gasteiger partial charge in [-0.1, -0.05) is 24.3 Å². The standard InChI is InChI=1S/C42H39FN6O4S/c1-25-21-30(38(44-22-25)48-23-42(24-48)17-19-53-20-18-42)39(50)45-29-13-11-28(12-14-29)41(52)49-27(3)37(46-32-9-4-5-10-33(32)49)34-15-16-35(54-34)40(51)47-36-26(2)7-6-8-31(36)43/h4-16,21-22,27H,17-20,23-24H2,1-3H3,(H,45,50)(H,47,51)/t27-/m0/s1. The maximum atomic E-state index is 14.5. The third-order valence-corrected chi connectivity index (χ3v) is 11.6. The molecule has 0 aliphatic carbocycles. The molecule has 0 unspecified atom stereocenters. The third kappa shape index (κ3) is 6.67. The Balaban J connectivity index is 0.990. The van der Waals surface area contributed by atoms with Crippen molar-refractivity contribution in [3.8, 4) is 0 Å². The number of anilines is 4. The summed E-state index contributed by atoms with van der Waals surface area (Å²) < 4.78 is 20.0. The molecule has 2 fully saturated rings. The second-order valence-electron chi connectivity index (χ2n) is 14.3. The minimum absolute atomic E-state index is 0.143. The maximum Gasteiger partial charge on any atom is 0.265 e. The summed E-state index contributed by atoms with van der Waals surface area (Å²) in [6.45, 7) is 8.81. The summed E-state index contributed by atoms with van der Waals surface area (Å²) in [6, 6.07) is 23.8. The van der Waals surface area contributed by atoms with Crippen molar-refractivity contribution >= 4 is 63.3 Å². The number of aliphatic imine (C=N–C) groups is 1.